The van der Waals surface area contributed by atoms with Gasteiger partial charge in [-0.2, -0.15) is 10.1 Å². The highest BCUT2D eigenvalue weighted by Gasteiger charge is 2.10. The first-order chi connectivity index (χ1) is 14.4. The number of aromatic amines is 1. The van der Waals surface area contributed by atoms with Crippen LogP contribution in [-0.4, -0.2) is 38.0 Å². The second kappa shape index (κ2) is 9.98. The second-order valence-corrected chi connectivity index (χ2v) is 7.81. The normalized spacial score (nSPS) is 10.9. The van der Waals surface area contributed by atoms with E-state index in [-0.39, 0.29) is 23.3 Å². The number of aromatic nitrogens is 3. The van der Waals surface area contributed by atoms with Gasteiger partial charge in [0, 0.05) is 22.2 Å². The summed E-state index contributed by atoms with van der Waals surface area (Å²) in [4.78, 5) is 26.6. The maximum Gasteiger partial charge on any atom is 0.270 e. The number of non-ortho nitro benzene ring substituents is 1. The minimum atomic E-state index is -0.474. The van der Waals surface area contributed by atoms with Gasteiger partial charge in [-0.25, -0.2) is 10.5 Å². The molecule has 0 aliphatic carbocycles. The van der Waals surface area contributed by atoms with Crippen molar-refractivity contribution in [2.24, 2.45) is 5.10 Å². The Hall–Kier alpha value is -3.25. The molecular formula is C18H16BrN7O3S. The lowest BCUT2D eigenvalue weighted by molar-refractivity contribution is -0.384. The minimum absolute atomic E-state index is 0.0201. The zero-order chi connectivity index (χ0) is 21.5. The van der Waals surface area contributed by atoms with E-state index in [1.165, 1.54) is 18.3 Å². The molecular weight excluding hydrogens is 474 g/mol. The summed E-state index contributed by atoms with van der Waals surface area (Å²) >= 11 is 4.59. The predicted octanol–water partition coefficient (Wildman–Crippen LogP) is 3.96. The number of nitrogens with zero attached hydrogens (tertiary/aromatic N) is 4. The molecule has 0 atom stereocenters. The van der Waals surface area contributed by atoms with Crippen LogP contribution in [0.15, 0.2) is 57.2 Å². The number of hydrazone groups is 1. The van der Waals surface area contributed by atoms with Crippen molar-refractivity contribution in [3.8, 4) is 0 Å². The van der Waals surface area contributed by atoms with Crippen molar-refractivity contribution in [1.29, 1.82) is 0 Å². The third-order valence-electron chi connectivity index (χ3n) is 3.66. The number of rotatable bonds is 8. The van der Waals surface area contributed by atoms with Gasteiger partial charge in [0.1, 0.15) is 0 Å². The number of benzene rings is 2. The van der Waals surface area contributed by atoms with Gasteiger partial charge in [0.2, 0.25) is 17.0 Å². The zero-order valence-electron chi connectivity index (χ0n) is 15.6. The van der Waals surface area contributed by atoms with E-state index < -0.39 is 4.92 Å². The molecule has 30 heavy (non-hydrogen) atoms. The van der Waals surface area contributed by atoms with Crippen LogP contribution in [0.2, 0.25) is 0 Å². The van der Waals surface area contributed by atoms with E-state index in [4.69, 9.17) is 0 Å². The number of anilines is 2. The van der Waals surface area contributed by atoms with Crippen molar-refractivity contribution < 1.29 is 9.72 Å². The van der Waals surface area contributed by atoms with Crippen LogP contribution in [0.4, 0.5) is 17.3 Å². The molecule has 0 saturated carbocycles. The molecule has 0 unspecified atom stereocenters. The van der Waals surface area contributed by atoms with Gasteiger partial charge in [0.25, 0.3) is 5.69 Å². The van der Waals surface area contributed by atoms with Crippen LogP contribution in [0.3, 0.4) is 0 Å². The van der Waals surface area contributed by atoms with Crippen molar-refractivity contribution in [2.45, 2.75) is 12.1 Å². The third-order valence-corrected chi connectivity index (χ3v) is 5.16. The van der Waals surface area contributed by atoms with E-state index in [1.807, 2.05) is 25.1 Å². The summed E-state index contributed by atoms with van der Waals surface area (Å²) in [5.74, 6) is 0.225. The fraction of sp³-hybridized carbons (Fsp3) is 0.111. The molecule has 0 aliphatic rings. The Kier molecular flexibility index (Phi) is 7.14. The highest BCUT2D eigenvalue weighted by molar-refractivity contribution is 9.10. The Labute approximate surface area is 183 Å². The molecule has 154 valence electrons. The average Bonchev–Trinajstić information content (AvgIpc) is 3.16. The first kappa shape index (κ1) is 21.5. The van der Waals surface area contributed by atoms with Crippen LogP contribution in [0, 0.1) is 17.0 Å². The van der Waals surface area contributed by atoms with E-state index in [9.17, 15) is 14.9 Å². The van der Waals surface area contributed by atoms with E-state index in [0.717, 1.165) is 21.8 Å². The minimum Gasteiger partial charge on any atom is -0.324 e. The van der Waals surface area contributed by atoms with Gasteiger partial charge in [-0.15, -0.1) is 5.10 Å². The maximum atomic E-state index is 12.1. The number of nitrogens with one attached hydrogen (secondary N) is 3. The van der Waals surface area contributed by atoms with E-state index in [1.54, 1.807) is 12.1 Å². The Bertz CT molecular complexity index is 1100. The topological polar surface area (TPSA) is 138 Å². The van der Waals surface area contributed by atoms with Gasteiger partial charge in [-0.1, -0.05) is 30.0 Å². The molecule has 0 radical (unpaired) electrons. The van der Waals surface area contributed by atoms with Crippen LogP contribution < -0.4 is 10.7 Å². The van der Waals surface area contributed by atoms with Crippen LogP contribution in [0.1, 0.15) is 11.1 Å². The summed E-state index contributed by atoms with van der Waals surface area (Å²) in [6, 6.07) is 11.7. The second-order valence-electron chi connectivity index (χ2n) is 6.01. The largest absolute Gasteiger partial charge is 0.324 e. The van der Waals surface area contributed by atoms with Gasteiger partial charge >= 0.3 is 0 Å². The monoisotopic (exact) mass is 489 g/mol. The first-order valence-corrected chi connectivity index (χ1v) is 10.3. The van der Waals surface area contributed by atoms with Gasteiger partial charge < -0.3 is 5.32 Å². The molecule has 0 bridgehead atoms. The molecule has 1 aromatic heterocycles. The molecule has 0 fully saturated rings. The average molecular weight is 490 g/mol. The third kappa shape index (κ3) is 6.12. The first-order valence-electron chi connectivity index (χ1n) is 8.55. The molecule has 3 aromatic rings. The fourth-order valence-electron chi connectivity index (χ4n) is 2.29. The number of carbonyl (C=O) groups excluding carboxylic acids is 1. The molecule has 0 saturated heterocycles. The van der Waals surface area contributed by atoms with E-state index in [2.05, 4.69) is 47.0 Å². The number of amides is 1. The quantitative estimate of drug-likeness (QED) is 0.188. The molecule has 0 aliphatic heterocycles. The summed E-state index contributed by atoms with van der Waals surface area (Å²) in [5, 5.41) is 24.6. The van der Waals surface area contributed by atoms with Crippen LogP contribution in [0.5, 0.6) is 0 Å². The smallest absolute Gasteiger partial charge is 0.270 e. The Balaban J connectivity index is 1.49. The van der Waals surface area contributed by atoms with Gasteiger partial charge in [0.05, 0.1) is 22.6 Å². The number of H-pyrrole nitrogens is 1. The van der Waals surface area contributed by atoms with Crippen molar-refractivity contribution in [1.82, 2.24) is 15.2 Å². The highest BCUT2D eigenvalue weighted by Crippen LogP contribution is 2.24. The summed E-state index contributed by atoms with van der Waals surface area (Å²) in [7, 11) is 0. The Morgan fingerprint density at radius 1 is 1.37 bits per heavy atom. The molecule has 1 amide bonds. The molecule has 1 heterocycles. The predicted molar refractivity (Wildman–Crippen MR) is 119 cm³/mol. The maximum absolute atomic E-state index is 12.1. The van der Waals surface area contributed by atoms with Crippen LogP contribution >= 0.6 is 27.7 Å². The molecule has 12 heteroatoms. The summed E-state index contributed by atoms with van der Waals surface area (Å²) < 4.78 is 0.812. The number of hydrogen-bond donors (Lipinski definition) is 3. The van der Waals surface area contributed by atoms with Crippen LogP contribution in [0.25, 0.3) is 0 Å². The molecule has 10 nitrogen and oxygen atoms in total. The van der Waals surface area contributed by atoms with E-state index >= 15 is 0 Å². The number of hydrogen-bond acceptors (Lipinski definition) is 8. The lowest BCUT2D eigenvalue weighted by Crippen LogP contribution is -2.14. The highest BCUT2D eigenvalue weighted by atomic mass is 79.9. The van der Waals surface area contributed by atoms with E-state index in [0.29, 0.717) is 16.4 Å². The summed E-state index contributed by atoms with van der Waals surface area (Å²) in [6.07, 6.45) is 1.43. The number of thioether (sulfide) groups is 1. The standard InChI is InChI=1S/C18H16BrN7O3S/c1-11-5-6-15(14(19)7-11)21-16(27)10-30-18-22-17(24-25-18)23-20-9-12-3-2-4-13(8-12)26(28)29/h2-9H,10H2,1H3,(H,21,27)(H2,22,23,24,25)/b20-9-. The number of halogens is 1. The summed E-state index contributed by atoms with van der Waals surface area (Å²) in [6.45, 7) is 1.97. The Morgan fingerprint density at radius 2 is 2.20 bits per heavy atom. The number of aryl methyl sites for hydroxylation is 1. The van der Waals surface area contributed by atoms with Crippen molar-refractivity contribution in [3.63, 3.8) is 0 Å². The van der Waals surface area contributed by atoms with Crippen molar-refractivity contribution in [3.05, 3.63) is 68.2 Å². The lowest BCUT2D eigenvalue weighted by Gasteiger charge is -2.07. The van der Waals surface area contributed by atoms with Gasteiger partial charge in [-0.05, 0) is 40.5 Å². The van der Waals surface area contributed by atoms with Crippen molar-refractivity contribution in [2.75, 3.05) is 16.5 Å². The zero-order valence-corrected chi connectivity index (χ0v) is 18.0. The van der Waals surface area contributed by atoms with Crippen LogP contribution in [-0.2, 0) is 4.79 Å². The molecule has 2 aromatic carbocycles. The Morgan fingerprint density at radius 3 is 2.97 bits per heavy atom. The molecule has 0 spiro atoms. The molecule has 3 rings (SSSR count). The number of nitro benzene ring substituents is 1. The summed E-state index contributed by atoms with van der Waals surface area (Å²) in [5.41, 5.74) is 4.97. The number of carbonyl (C=O) groups is 1. The van der Waals surface area contributed by atoms with Gasteiger partial charge in [0.15, 0.2) is 0 Å². The SMILES string of the molecule is Cc1ccc(NC(=O)CSc2n[nH]c(N/N=C\c3cccc([N+](=O)[O-])c3)n2)c(Br)c1. The van der Waals surface area contributed by atoms with Crippen molar-refractivity contribution >= 4 is 57.1 Å². The van der Waals surface area contributed by atoms with Gasteiger partial charge in [-0.3, -0.25) is 14.9 Å². The molecule has 3 N–H and O–H groups in total. The number of nitro groups is 1. The fourth-order valence-corrected chi connectivity index (χ4v) is 3.48. The lowest BCUT2D eigenvalue weighted by atomic mass is 10.2.